The zero-order valence-corrected chi connectivity index (χ0v) is 11.7. The predicted molar refractivity (Wildman–Crippen MR) is 72.5 cm³/mol. The Hall–Kier alpha value is -0.910. The van der Waals surface area contributed by atoms with Gasteiger partial charge >= 0.3 is 0 Å². The molecule has 5 heteroatoms. The lowest BCUT2D eigenvalue weighted by Crippen LogP contribution is -2.53. The van der Waals surface area contributed by atoms with Gasteiger partial charge in [-0.3, -0.25) is 9.69 Å². The summed E-state index contributed by atoms with van der Waals surface area (Å²) < 4.78 is 0. The van der Waals surface area contributed by atoms with Crippen molar-refractivity contribution in [2.75, 3.05) is 26.2 Å². The van der Waals surface area contributed by atoms with Gasteiger partial charge in [0, 0.05) is 37.6 Å². The summed E-state index contributed by atoms with van der Waals surface area (Å²) in [6.45, 7) is 7.21. The van der Waals surface area contributed by atoms with Crippen molar-refractivity contribution in [3.8, 4) is 0 Å². The number of nitrogens with zero attached hydrogens (tertiary/aromatic N) is 2. The number of thiophene rings is 1. The maximum absolute atomic E-state index is 11.9. The van der Waals surface area contributed by atoms with Crippen molar-refractivity contribution < 1.29 is 9.90 Å². The summed E-state index contributed by atoms with van der Waals surface area (Å²) in [6.07, 6.45) is 0. The van der Waals surface area contributed by atoms with Crippen molar-refractivity contribution in [2.24, 2.45) is 0 Å². The fourth-order valence-electron chi connectivity index (χ4n) is 2.12. The smallest absolute Gasteiger partial charge is 0.254 e. The van der Waals surface area contributed by atoms with Crippen LogP contribution in [0.4, 0.5) is 0 Å². The first-order chi connectivity index (χ1) is 8.47. The number of rotatable bonds is 3. The van der Waals surface area contributed by atoms with E-state index in [1.165, 1.54) is 4.88 Å². The molecule has 1 amide bonds. The van der Waals surface area contributed by atoms with Crippen molar-refractivity contribution >= 4 is 17.2 Å². The molecule has 0 spiro atoms. The Morgan fingerprint density at radius 2 is 2.06 bits per heavy atom. The molecule has 1 saturated heterocycles. The Labute approximate surface area is 112 Å². The Morgan fingerprint density at radius 1 is 1.39 bits per heavy atom. The van der Waals surface area contributed by atoms with Gasteiger partial charge in [-0.2, -0.15) is 0 Å². The lowest BCUT2D eigenvalue weighted by molar-refractivity contribution is -0.149. The molecule has 0 atom stereocenters. The second kappa shape index (κ2) is 5.38. The molecule has 18 heavy (non-hydrogen) atoms. The van der Waals surface area contributed by atoms with Crippen LogP contribution < -0.4 is 0 Å². The van der Waals surface area contributed by atoms with Crippen LogP contribution in [0.5, 0.6) is 0 Å². The summed E-state index contributed by atoms with van der Waals surface area (Å²) in [5.74, 6) is -0.168. The van der Waals surface area contributed by atoms with Gasteiger partial charge < -0.3 is 10.0 Å². The highest BCUT2D eigenvalue weighted by atomic mass is 32.1. The van der Waals surface area contributed by atoms with Crippen molar-refractivity contribution in [3.63, 3.8) is 0 Å². The second-order valence-electron chi connectivity index (χ2n) is 5.21. The third-order valence-corrected chi connectivity index (χ3v) is 4.00. The van der Waals surface area contributed by atoms with E-state index in [2.05, 4.69) is 22.4 Å². The molecule has 2 heterocycles. The van der Waals surface area contributed by atoms with E-state index in [0.29, 0.717) is 13.1 Å². The molecule has 0 unspecified atom stereocenters. The highest BCUT2D eigenvalue weighted by Gasteiger charge is 2.31. The standard InChI is InChI=1S/C13H20N2O2S/c1-13(2,17)12(16)15-7-5-14(6-8-15)10-11-4-3-9-18-11/h3-4,9,17H,5-8,10H2,1-2H3. The number of aliphatic hydroxyl groups is 1. The summed E-state index contributed by atoms with van der Waals surface area (Å²) in [5.41, 5.74) is -1.25. The molecule has 1 aliphatic heterocycles. The Kier molecular flexibility index (Phi) is 4.04. The molecule has 1 fully saturated rings. The van der Waals surface area contributed by atoms with Crippen LogP contribution in [0.25, 0.3) is 0 Å². The van der Waals surface area contributed by atoms with Gasteiger partial charge in [-0.25, -0.2) is 0 Å². The van der Waals surface area contributed by atoms with Crippen molar-refractivity contribution in [3.05, 3.63) is 22.4 Å². The molecule has 1 aromatic rings. The molecule has 2 rings (SSSR count). The number of carbonyl (C=O) groups excluding carboxylic acids is 1. The van der Waals surface area contributed by atoms with Gasteiger partial charge in [-0.15, -0.1) is 11.3 Å². The molecule has 0 radical (unpaired) electrons. The molecular weight excluding hydrogens is 248 g/mol. The summed E-state index contributed by atoms with van der Waals surface area (Å²) >= 11 is 1.77. The average molecular weight is 268 g/mol. The van der Waals surface area contributed by atoms with Gasteiger partial charge in [0.2, 0.25) is 0 Å². The van der Waals surface area contributed by atoms with E-state index < -0.39 is 5.60 Å². The van der Waals surface area contributed by atoms with E-state index in [9.17, 15) is 9.90 Å². The van der Waals surface area contributed by atoms with Crippen LogP contribution in [-0.2, 0) is 11.3 Å². The highest BCUT2D eigenvalue weighted by molar-refractivity contribution is 7.09. The van der Waals surface area contributed by atoms with Crippen LogP contribution >= 0.6 is 11.3 Å². The first kappa shape index (κ1) is 13.5. The normalized spacial score (nSPS) is 18.1. The lowest BCUT2D eigenvalue weighted by Gasteiger charge is -2.36. The number of carbonyl (C=O) groups is 1. The van der Waals surface area contributed by atoms with E-state index in [1.54, 1.807) is 30.1 Å². The molecule has 0 bridgehead atoms. The fraction of sp³-hybridized carbons (Fsp3) is 0.615. The topological polar surface area (TPSA) is 43.8 Å². The average Bonchev–Trinajstić information content (AvgIpc) is 2.81. The maximum atomic E-state index is 11.9. The lowest BCUT2D eigenvalue weighted by atomic mass is 10.1. The van der Waals surface area contributed by atoms with Gasteiger partial charge in [0.15, 0.2) is 0 Å². The summed E-state index contributed by atoms with van der Waals surface area (Å²) in [5, 5.41) is 11.8. The Balaban J connectivity index is 1.83. The van der Waals surface area contributed by atoms with E-state index in [-0.39, 0.29) is 5.91 Å². The van der Waals surface area contributed by atoms with Crippen LogP contribution in [0.1, 0.15) is 18.7 Å². The van der Waals surface area contributed by atoms with Crippen LogP contribution in [0.2, 0.25) is 0 Å². The van der Waals surface area contributed by atoms with Gasteiger partial charge in [0.05, 0.1) is 0 Å². The molecule has 1 aliphatic rings. The SMILES string of the molecule is CC(C)(O)C(=O)N1CCN(Cc2cccs2)CC1. The fourth-order valence-corrected chi connectivity index (χ4v) is 2.87. The minimum atomic E-state index is -1.25. The molecular formula is C13H20N2O2S. The minimum absolute atomic E-state index is 0.168. The molecule has 100 valence electrons. The first-order valence-electron chi connectivity index (χ1n) is 6.23. The summed E-state index contributed by atoms with van der Waals surface area (Å²) in [6, 6.07) is 4.20. The highest BCUT2D eigenvalue weighted by Crippen LogP contribution is 2.15. The second-order valence-corrected chi connectivity index (χ2v) is 6.24. The number of amides is 1. The van der Waals surface area contributed by atoms with E-state index in [0.717, 1.165) is 19.6 Å². The van der Waals surface area contributed by atoms with Crippen molar-refractivity contribution in [1.29, 1.82) is 0 Å². The molecule has 4 nitrogen and oxygen atoms in total. The third-order valence-electron chi connectivity index (χ3n) is 3.14. The molecule has 1 aromatic heterocycles. The van der Waals surface area contributed by atoms with Gasteiger partial charge in [-0.05, 0) is 25.3 Å². The van der Waals surface area contributed by atoms with Gasteiger partial charge in [0.1, 0.15) is 5.60 Å². The van der Waals surface area contributed by atoms with Crippen molar-refractivity contribution in [2.45, 2.75) is 26.0 Å². The van der Waals surface area contributed by atoms with E-state index in [4.69, 9.17) is 0 Å². The Bertz CT molecular complexity index is 390. The van der Waals surface area contributed by atoms with Gasteiger partial charge in [-0.1, -0.05) is 6.07 Å². The quantitative estimate of drug-likeness (QED) is 0.895. The number of hydrogen-bond acceptors (Lipinski definition) is 4. The van der Waals surface area contributed by atoms with Gasteiger partial charge in [0.25, 0.3) is 5.91 Å². The molecule has 0 aliphatic carbocycles. The zero-order chi connectivity index (χ0) is 13.2. The summed E-state index contributed by atoms with van der Waals surface area (Å²) in [7, 11) is 0. The van der Waals surface area contributed by atoms with Crippen LogP contribution in [-0.4, -0.2) is 52.6 Å². The molecule has 0 saturated carbocycles. The van der Waals surface area contributed by atoms with Crippen LogP contribution in [0, 0.1) is 0 Å². The Morgan fingerprint density at radius 3 is 2.56 bits per heavy atom. The van der Waals surface area contributed by atoms with E-state index >= 15 is 0 Å². The zero-order valence-electron chi connectivity index (χ0n) is 10.9. The largest absolute Gasteiger partial charge is 0.381 e. The number of piperazine rings is 1. The molecule has 0 aromatic carbocycles. The first-order valence-corrected chi connectivity index (χ1v) is 7.11. The predicted octanol–water partition coefficient (Wildman–Crippen LogP) is 1.16. The van der Waals surface area contributed by atoms with Crippen molar-refractivity contribution in [1.82, 2.24) is 9.80 Å². The third kappa shape index (κ3) is 3.31. The molecule has 1 N–H and O–H groups in total. The number of hydrogen-bond donors (Lipinski definition) is 1. The van der Waals surface area contributed by atoms with E-state index in [1.807, 2.05) is 0 Å². The summed E-state index contributed by atoms with van der Waals surface area (Å²) in [4.78, 5) is 17.4. The maximum Gasteiger partial charge on any atom is 0.254 e. The van der Waals surface area contributed by atoms with Crippen LogP contribution in [0.15, 0.2) is 17.5 Å². The monoisotopic (exact) mass is 268 g/mol. The van der Waals surface area contributed by atoms with Crippen LogP contribution in [0.3, 0.4) is 0 Å². The minimum Gasteiger partial charge on any atom is -0.381 e.